The van der Waals surface area contributed by atoms with E-state index in [1.165, 1.54) is 13.0 Å². The fourth-order valence-electron chi connectivity index (χ4n) is 2.60. The van der Waals surface area contributed by atoms with Crippen LogP contribution in [0.15, 0.2) is 42.5 Å². The van der Waals surface area contributed by atoms with Gasteiger partial charge in [0, 0.05) is 23.2 Å². The molecule has 0 spiro atoms. The van der Waals surface area contributed by atoms with Crippen molar-refractivity contribution >= 4 is 17.4 Å². The molecule has 1 unspecified atom stereocenters. The molecular formula is C22H23F4NO3. The number of hydrogen-bond donors (Lipinski definition) is 1. The monoisotopic (exact) mass is 425 g/mol. The van der Waals surface area contributed by atoms with Crippen LogP contribution in [0.2, 0.25) is 0 Å². The molecule has 162 valence electrons. The zero-order chi connectivity index (χ0) is 22.5. The summed E-state index contributed by atoms with van der Waals surface area (Å²) in [7, 11) is 0. The summed E-state index contributed by atoms with van der Waals surface area (Å²) in [5, 5.41) is 2.60. The van der Waals surface area contributed by atoms with E-state index in [1.54, 1.807) is 12.1 Å². The van der Waals surface area contributed by atoms with Gasteiger partial charge in [-0.15, -0.1) is 0 Å². The van der Waals surface area contributed by atoms with Crippen molar-refractivity contribution in [3.05, 3.63) is 59.2 Å². The van der Waals surface area contributed by atoms with Crippen molar-refractivity contribution in [1.29, 1.82) is 0 Å². The standard InChI is InChI=1S/C22H23F4NO3/c1-4-15-5-7-18(8-6-15)27-20(29)17-11-16(14(2)28)12-19(13-17)30-22(25,26)21(3,24)9-10-23/h5-8,11-13H,4,9-10H2,1-3H3,(H,27,29). The van der Waals surface area contributed by atoms with Crippen molar-refractivity contribution in [3.8, 4) is 5.75 Å². The third kappa shape index (κ3) is 5.58. The highest BCUT2D eigenvalue weighted by Gasteiger charge is 2.54. The van der Waals surface area contributed by atoms with Crippen molar-refractivity contribution in [2.75, 3.05) is 12.0 Å². The number of Topliss-reactive ketones (excluding diaryl/α,β-unsaturated/α-hetero) is 1. The molecule has 0 saturated carbocycles. The van der Waals surface area contributed by atoms with Gasteiger partial charge in [0.25, 0.3) is 5.91 Å². The van der Waals surface area contributed by atoms with Gasteiger partial charge in [0.1, 0.15) is 5.75 Å². The van der Waals surface area contributed by atoms with Crippen molar-refractivity contribution in [2.24, 2.45) is 0 Å². The highest BCUT2D eigenvalue weighted by Crippen LogP contribution is 2.37. The number of halogens is 4. The fourth-order valence-corrected chi connectivity index (χ4v) is 2.60. The summed E-state index contributed by atoms with van der Waals surface area (Å²) in [4.78, 5) is 24.3. The van der Waals surface area contributed by atoms with E-state index in [-0.39, 0.29) is 11.1 Å². The van der Waals surface area contributed by atoms with Crippen molar-refractivity contribution < 1.29 is 31.9 Å². The van der Waals surface area contributed by atoms with E-state index in [2.05, 4.69) is 10.1 Å². The number of carbonyl (C=O) groups excluding carboxylic acids is 2. The number of carbonyl (C=O) groups is 2. The van der Waals surface area contributed by atoms with Crippen molar-refractivity contribution in [1.82, 2.24) is 0 Å². The van der Waals surface area contributed by atoms with Crippen LogP contribution in [0.4, 0.5) is 23.2 Å². The first-order valence-electron chi connectivity index (χ1n) is 9.37. The fraction of sp³-hybridized carbons (Fsp3) is 0.364. The Hall–Kier alpha value is -2.90. The van der Waals surface area contributed by atoms with Crippen LogP contribution in [0.3, 0.4) is 0 Å². The zero-order valence-corrected chi connectivity index (χ0v) is 16.9. The number of ether oxygens (including phenoxy) is 1. The van der Waals surface area contributed by atoms with Crippen LogP contribution in [-0.2, 0) is 6.42 Å². The van der Waals surface area contributed by atoms with Gasteiger partial charge < -0.3 is 10.1 Å². The molecule has 1 N–H and O–H groups in total. The number of hydrogen-bond acceptors (Lipinski definition) is 3. The summed E-state index contributed by atoms with van der Waals surface area (Å²) in [6, 6.07) is 10.2. The van der Waals surface area contributed by atoms with Crippen LogP contribution in [-0.4, -0.2) is 30.1 Å². The second-order valence-electron chi connectivity index (χ2n) is 7.06. The van der Waals surface area contributed by atoms with Crippen molar-refractivity contribution in [3.63, 3.8) is 0 Å². The summed E-state index contributed by atoms with van der Waals surface area (Å²) in [6.07, 6.45) is -4.63. The first-order valence-corrected chi connectivity index (χ1v) is 9.37. The van der Waals surface area contributed by atoms with Gasteiger partial charge in [-0.25, -0.2) is 4.39 Å². The van der Waals surface area contributed by atoms with E-state index < -0.39 is 42.3 Å². The second kappa shape index (κ2) is 9.28. The van der Waals surface area contributed by atoms with Crippen LogP contribution >= 0.6 is 0 Å². The van der Waals surface area contributed by atoms with Gasteiger partial charge in [-0.2, -0.15) is 8.78 Å². The van der Waals surface area contributed by atoms with Gasteiger partial charge in [-0.05, 0) is 56.2 Å². The minimum atomic E-state index is -4.38. The average molecular weight is 425 g/mol. The molecule has 4 nitrogen and oxygen atoms in total. The maximum atomic E-state index is 14.2. The van der Waals surface area contributed by atoms with Gasteiger partial charge in [0.2, 0.25) is 5.67 Å². The molecule has 1 atom stereocenters. The minimum absolute atomic E-state index is 0.0687. The van der Waals surface area contributed by atoms with Gasteiger partial charge >= 0.3 is 6.11 Å². The van der Waals surface area contributed by atoms with E-state index in [1.807, 2.05) is 19.1 Å². The van der Waals surface area contributed by atoms with E-state index in [0.29, 0.717) is 12.6 Å². The quantitative estimate of drug-likeness (QED) is 0.410. The van der Waals surface area contributed by atoms with Crippen molar-refractivity contribution in [2.45, 2.75) is 45.4 Å². The Morgan fingerprint density at radius 2 is 1.63 bits per heavy atom. The lowest BCUT2D eigenvalue weighted by Gasteiger charge is -2.29. The van der Waals surface area contributed by atoms with Gasteiger partial charge in [0.05, 0.1) is 6.67 Å². The molecule has 30 heavy (non-hydrogen) atoms. The van der Waals surface area contributed by atoms with Gasteiger partial charge in [-0.3, -0.25) is 14.0 Å². The van der Waals surface area contributed by atoms with Crippen LogP contribution in [0.25, 0.3) is 0 Å². The predicted octanol–water partition coefficient (Wildman–Crippen LogP) is 5.76. The number of benzene rings is 2. The highest BCUT2D eigenvalue weighted by molar-refractivity contribution is 6.06. The highest BCUT2D eigenvalue weighted by atomic mass is 19.3. The molecule has 0 heterocycles. The molecule has 0 radical (unpaired) electrons. The molecule has 0 aliphatic rings. The molecule has 0 saturated heterocycles. The molecule has 2 aromatic rings. The van der Waals surface area contributed by atoms with Crippen LogP contribution in [0.5, 0.6) is 5.75 Å². The largest absolute Gasteiger partial charge is 0.432 e. The normalized spacial score (nSPS) is 13.4. The Balaban J connectivity index is 2.33. The Kier molecular flexibility index (Phi) is 7.23. The summed E-state index contributed by atoms with van der Waals surface area (Å²) < 4.78 is 59.5. The Morgan fingerprint density at radius 1 is 1.03 bits per heavy atom. The van der Waals surface area contributed by atoms with E-state index in [9.17, 15) is 27.2 Å². The molecule has 0 aliphatic carbocycles. The molecule has 0 bridgehead atoms. The Bertz CT molecular complexity index is 911. The van der Waals surface area contributed by atoms with Gasteiger partial charge in [0.15, 0.2) is 5.78 Å². The SMILES string of the molecule is CCc1ccc(NC(=O)c2cc(OC(F)(F)C(C)(F)CCF)cc(C(C)=O)c2)cc1. The summed E-state index contributed by atoms with van der Waals surface area (Å²) >= 11 is 0. The first kappa shape index (κ1) is 23.4. The van der Waals surface area contributed by atoms with Crippen LogP contribution in [0.1, 0.15) is 53.5 Å². The molecule has 1 amide bonds. The Morgan fingerprint density at radius 3 is 2.17 bits per heavy atom. The van der Waals surface area contributed by atoms with E-state index >= 15 is 0 Å². The lowest BCUT2D eigenvalue weighted by Crippen LogP contribution is -2.46. The molecule has 8 heteroatoms. The second-order valence-corrected chi connectivity index (χ2v) is 7.06. The Labute approximate surface area is 172 Å². The predicted molar refractivity (Wildman–Crippen MR) is 106 cm³/mol. The van der Waals surface area contributed by atoms with E-state index in [4.69, 9.17) is 0 Å². The molecule has 2 aromatic carbocycles. The molecule has 0 aliphatic heterocycles. The summed E-state index contributed by atoms with van der Waals surface area (Å²) in [5.41, 5.74) is -1.94. The number of aryl methyl sites for hydroxylation is 1. The number of alkyl halides is 4. The number of ketones is 1. The number of amides is 1. The van der Waals surface area contributed by atoms with Crippen LogP contribution in [0, 0.1) is 0 Å². The molecule has 0 aromatic heterocycles. The minimum Gasteiger partial charge on any atom is -0.430 e. The van der Waals surface area contributed by atoms with Gasteiger partial charge in [-0.1, -0.05) is 19.1 Å². The lowest BCUT2D eigenvalue weighted by atomic mass is 10.0. The average Bonchev–Trinajstić information content (AvgIpc) is 2.67. The first-order chi connectivity index (χ1) is 14.0. The third-order valence-corrected chi connectivity index (χ3v) is 4.61. The zero-order valence-electron chi connectivity index (χ0n) is 16.9. The molecule has 2 rings (SSSR count). The summed E-state index contributed by atoms with van der Waals surface area (Å²) in [6.45, 7) is 2.39. The van der Waals surface area contributed by atoms with E-state index in [0.717, 1.165) is 24.1 Å². The number of rotatable bonds is 9. The number of anilines is 1. The molecular weight excluding hydrogens is 402 g/mol. The van der Waals surface area contributed by atoms with Crippen LogP contribution < -0.4 is 10.1 Å². The maximum absolute atomic E-state index is 14.2. The number of nitrogens with one attached hydrogen (secondary N) is 1. The third-order valence-electron chi connectivity index (χ3n) is 4.61. The maximum Gasteiger partial charge on any atom is 0.432 e. The smallest absolute Gasteiger partial charge is 0.430 e. The summed E-state index contributed by atoms with van der Waals surface area (Å²) in [5.74, 6) is -1.75. The lowest BCUT2D eigenvalue weighted by molar-refractivity contribution is -0.260. The molecule has 0 fully saturated rings. The topological polar surface area (TPSA) is 55.4 Å².